The van der Waals surface area contributed by atoms with Gasteiger partial charge in [0.2, 0.25) is 5.91 Å². The fourth-order valence-electron chi connectivity index (χ4n) is 4.97. The van der Waals surface area contributed by atoms with E-state index in [9.17, 15) is 19.7 Å². The first-order chi connectivity index (χ1) is 15.4. The van der Waals surface area contributed by atoms with Crippen molar-refractivity contribution in [3.63, 3.8) is 0 Å². The summed E-state index contributed by atoms with van der Waals surface area (Å²) in [6, 6.07) is 10.2. The number of non-ortho nitro benzene ring substituents is 1. The third-order valence-corrected chi connectivity index (χ3v) is 6.55. The van der Waals surface area contributed by atoms with Crippen molar-refractivity contribution in [2.75, 3.05) is 22.1 Å². The maximum Gasteiger partial charge on any atom is 0.269 e. The number of hydrogen-bond acceptors (Lipinski definition) is 6. The third-order valence-electron chi connectivity index (χ3n) is 6.55. The number of anilines is 3. The summed E-state index contributed by atoms with van der Waals surface area (Å²) in [5.41, 5.74) is 2.96. The summed E-state index contributed by atoms with van der Waals surface area (Å²) in [5.74, 6) is -0.126. The van der Waals surface area contributed by atoms with Gasteiger partial charge in [-0.2, -0.15) is 0 Å². The molecule has 9 nitrogen and oxygen atoms in total. The number of amides is 2. The molecule has 0 aliphatic carbocycles. The lowest BCUT2D eigenvalue weighted by Gasteiger charge is -2.45. The van der Waals surface area contributed by atoms with Crippen LogP contribution in [0.25, 0.3) is 0 Å². The molecule has 1 saturated heterocycles. The van der Waals surface area contributed by atoms with Gasteiger partial charge in [-0.25, -0.2) is 0 Å². The fourth-order valence-corrected chi connectivity index (χ4v) is 4.97. The highest BCUT2D eigenvalue weighted by molar-refractivity contribution is 5.99. The number of nitro benzene ring substituents is 1. The number of nitrogens with one attached hydrogen (secondary N) is 2. The van der Waals surface area contributed by atoms with Crippen molar-refractivity contribution in [3.05, 3.63) is 52.1 Å². The zero-order valence-electron chi connectivity index (χ0n) is 17.7. The van der Waals surface area contributed by atoms with Gasteiger partial charge in [-0.3, -0.25) is 19.7 Å². The van der Waals surface area contributed by atoms with Gasteiger partial charge in [0.25, 0.3) is 11.6 Å². The van der Waals surface area contributed by atoms with E-state index < -0.39 is 11.0 Å². The van der Waals surface area contributed by atoms with Crippen LogP contribution in [0.2, 0.25) is 0 Å². The van der Waals surface area contributed by atoms with Gasteiger partial charge in [0.15, 0.2) is 6.10 Å². The molecule has 0 aromatic heterocycles. The van der Waals surface area contributed by atoms with E-state index in [0.717, 1.165) is 37.1 Å². The van der Waals surface area contributed by atoms with Crippen molar-refractivity contribution in [1.29, 1.82) is 0 Å². The van der Waals surface area contributed by atoms with Crippen LogP contribution < -0.4 is 20.3 Å². The minimum atomic E-state index is -0.563. The van der Waals surface area contributed by atoms with Crippen molar-refractivity contribution in [2.45, 2.75) is 44.8 Å². The van der Waals surface area contributed by atoms with E-state index in [1.54, 1.807) is 31.2 Å². The number of fused-ring (bicyclic) bond motifs is 4. The normalized spacial score (nSPS) is 23.7. The fraction of sp³-hybridized carbons (Fsp3) is 0.391. The molecule has 0 radical (unpaired) electrons. The predicted molar refractivity (Wildman–Crippen MR) is 119 cm³/mol. The maximum atomic E-state index is 13.3. The molecule has 3 aliphatic heterocycles. The Morgan fingerprint density at radius 3 is 2.91 bits per heavy atom. The van der Waals surface area contributed by atoms with Crippen molar-refractivity contribution >= 4 is 34.6 Å². The highest BCUT2D eigenvalue weighted by atomic mass is 16.6. The molecule has 0 spiro atoms. The molecule has 166 valence electrons. The van der Waals surface area contributed by atoms with Crippen LogP contribution in [-0.2, 0) is 16.0 Å². The van der Waals surface area contributed by atoms with Gasteiger partial charge in [0, 0.05) is 36.1 Å². The second-order valence-corrected chi connectivity index (χ2v) is 8.59. The van der Waals surface area contributed by atoms with Gasteiger partial charge in [-0.15, -0.1) is 0 Å². The SMILES string of the molecule is C[C@@H]1Oc2ccc(NC(=O)[C@@H]3Cc4cc([N+](=O)[O-])ccc4N4CCCC[C@@H]34)cc2NC1=O. The van der Waals surface area contributed by atoms with Crippen LogP contribution in [0.4, 0.5) is 22.7 Å². The third kappa shape index (κ3) is 3.53. The second kappa shape index (κ2) is 7.81. The van der Waals surface area contributed by atoms with Crippen LogP contribution in [-0.4, -0.2) is 35.4 Å². The molecule has 3 heterocycles. The van der Waals surface area contributed by atoms with Crippen LogP contribution in [0.5, 0.6) is 5.75 Å². The van der Waals surface area contributed by atoms with Crippen molar-refractivity contribution in [2.24, 2.45) is 5.92 Å². The summed E-state index contributed by atoms with van der Waals surface area (Å²) < 4.78 is 5.57. The lowest BCUT2D eigenvalue weighted by molar-refractivity contribution is -0.384. The first-order valence-electron chi connectivity index (χ1n) is 10.9. The summed E-state index contributed by atoms with van der Waals surface area (Å²) in [6.45, 7) is 2.51. The molecule has 32 heavy (non-hydrogen) atoms. The Balaban J connectivity index is 1.41. The van der Waals surface area contributed by atoms with Crippen LogP contribution in [0, 0.1) is 16.0 Å². The number of hydrogen-bond donors (Lipinski definition) is 2. The molecule has 5 rings (SSSR count). The van der Waals surface area contributed by atoms with E-state index in [0.29, 0.717) is 23.5 Å². The van der Waals surface area contributed by atoms with Gasteiger partial charge in [0.05, 0.1) is 16.5 Å². The Morgan fingerprint density at radius 2 is 2.09 bits per heavy atom. The lowest BCUT2D eigenvalue weighted by atomic mass is 9.80. The Kier molecular flexibility index (Phi) is 4.96. The maximum absolute atomic E-state index is 13.3. The number of nitrogens with zero attached hydrogens (tertiary/aromatic N) is 2. The van der Waals surface area contributed by atoms with Crippen LogP contribution in [0.3, 0.4) is 0 Å². The topological polar surface area (TPSA) is 114 Å². The zero-order chi connectivity index (χ0) is 22.4. The molecule has 2 amide bonds. The monoisotopic (exact) mass is 436 g/mol. The summed E-state index contributed by atoms with van der Waals surface area (Å²) in [5, 5.41) is 17.0. The molecule has 2 N–H and O–H groups in total. The number of piperidine rings is 1. The zero-order valence-corrected chi connectivity index (χ0v) is 17.7. The molecule has 2 aromatic rings. The Hall–Kier alpha value is -3.62. The number of carbonyl (C=O) groups excluding carboxylic acids is 2. The molecule has 1 fully saturated rings. The summed E-state index contributed by atoms with van der Waals surface area (Å²) in [4.78, 5) is 38.3. The molecular formula is C23H24N4O5. The number of nitro groups is 1. The largest absolute Gasteiger partial charge is 0.479 e. The Morgan fingerprint density at radius 1 is 1.25 bits per heavy atom. The van der Waals surface area contributed by atoms with E-state index >= 15 is 0 Å². The minimum Gasteiger partial charge on any atom is -0.479 e. The first kappa shape index (κ1) is 20.3. The van der Waals surface area contributed by atoms with Gasteiger partial charge in [-0.05, 0) is 62.4 Å². The average molecular weight is 436 g/mol. The second-order valence-electron chi connectivity index (χ2n) is 8.59. The van der Waals surface area contributed by atoms with E-state index in [2.05, 4.69) is 15.5 Å². The summed E-state index contributed by atoms with van der Waals surface area (Å²) in [6.07, 6.45) is 2.87. The van der Waals surface area contributed by atoms with Gasteiger partial charge < -0.3 is 20.3 Å². The van der Waals surface area contributed by atoms with Crippen molar-refractivity contribution in [3.8, 4) is 5.75 Å². The van der Waals surface area contributed by atoms with Gasteiger partial charge >= 0.3 is 0 Å². The van der Waals surface area contributed by atoms with Crippen LogP contribution in [0.15, 0.2) is 36.4 Å². The van der Waals surface area contributed by atoms with E-state index in [-0.39, 0.29) is 29.5 Å². The van der Waals surface area contributed by atoms with Gasteiger partial charge in [-0.1, -0.05) is 0 Å². The van der Waals surface area contributed by atoms with Crippen LogP contribution in [0.1, 0.15) is 31.7 Å². The van der Waals surface area contributed by atoms with Crippen LogP contribution >= 0.6 is 0 Å². The van der Waals surface area contributed by atoms with E-state index in [1.807, 2.05) is 6.07 Å². The summed E-state index contributed by atoms with van der Waals surface area (Å²) >= 11 is 0. The van der Waals surface area contributed by atoms with E-state index in [1.165, 1.54) is 6.07 Å². The number of carbonyl (C=O) groups is 2. The molecule has 0 bridgehead atoms. The first-order valence-corrected chi connectivity index (χ1v) is 10.9. The summed E-state index contributed by atoms with van der Waals surface area (Å²) in [7, 11) is 0. The van der Waals surface area contributed by atoms with Crippen molar-refractivity contribution < 1.29 is 19.2 Å². The number of benzene rings is 2. The Labute approximate surface area is 184 Å². The number of rotatable bonds is 3. The number of ether oxygens (including phenoxy) is 1. The lowest BCUT2D eigenvalue weighted by Crippen LogP contribution is -2.52. The minimum absolute atomic E-state index is 0.0398. The molecule has 9 heteroatoms. The van der Waals surface area contributed by atoms with Crippen molar-refractivity contribution in [1.82, 2.24) is 0 Å². The standard InChI is InChI=1S/C23H24N4O5/c1-13-22(28)25-18-12-15(5-8-21(18)32-13)24-23(29)17-11-14-10-16(27(30)31)6-7-19(14)26-9-3-2-4-20(17)26/h5-8,10,12-13,17,20H,2-4,9,11H2,1H3,(H,24,29)(H,25,28)/t13-,17+,20-/m0/s1. The molecule has 3 aliphatic rings. The Bertz CT molecular complexity index is 1120. The molecule has 0 unspecified atom stereocenters. The quantitative estimate of drug-likeness (QED) is 0.562. The average Bonchev–Trinajstić information content (AvgIpc) is 2.79. The molecule has 0 saturated carbocycles. The molecule has 2 aromatic carbocycles. The van der Waals surface area contributed by atoms with E-state index in [4.69, 9.17) is 4.74 Å². The smallest absolute Gasteiger partial charge is 0.269 e. The molecule has 3 atom stereocenters. The highest BCUT2D eigenvalue weighted by Crippen LogP contribution is 2.40. The van der Waals surface area contributed by atoms with Gasteiger partial charge in [0.1, 0.15) is 5.75 Å². The highest BCUT2D eigenvalue weighted by Gasteiger charge is 2.40. The predicted octanol–water partition coefficient (Wildman–Crippen LogP) is 3.48. The molecular weight excluding hydrogens is 412 g/mol.